The van der Waals surface area contributed by atoms with Crippen LogP contribution in [-0.2, 0) is 14.6 Å². The van der Waals surface area contributed by atoms with E-state index in [2.05, 4.69) is 4.74 Å². The molecule has 1 amide bonds. The molecule has 0 rings (SSSR count). The van der Waals surface area contributed by atoms with Crippen LogP contribution in [0.2, 0.25) is 0 Å². The second-order valence-corrected chi connectivity index (χ2v) is 7.02. The molecule has 0 N–H and O–H groups in total. The van der Waals surface area contributed by atoms with E-state index in [-0.39, 0.29) is 18.9 Å². The van der Waals surface area contributed by atoms with Crippen molar-refractivity contribution in [3.63, 3.8) is 0 Å². The number of sulfone groups is 1. The van der Waals surface area contributed by atoms with E-state index in [1.165, 1.54) is 4.90 Å². The molecule has 17 heavy (non-hydrogen) atoms. The number of carbonyl (C=O) groups excluding carboxylic acids is 1. The summed E-state index contributed by atoms with van der Waals surface area (Å²) in [6, 6.07) is 0. The molecule has 0 bridgehead atoms. The van der Waals surface area contributed by atoms with Crippen molar-refractivity contribution in [3.05, 3.63) is 0 Å². The van der Waals surface area contributed by atoms with E-state index in [1.54, 1.807) is 20.8 Å². The van der Waals surface area contributed by atoms with Gasteiger partial charge < -0.3 is 9.64 Å². The van der Waals surface area contributed by atoms with Gasteiger partial charge >= 0.3 is 6.09 Å². The zero-order valence-electron chi connectivity index (χ0n) is 10.7. The van der Waals surface area contributed by atoms with Gasteiger partial charge in [0.25, 0.3) is 0 Å². The van der Waals surface area contributed by atoms with Crippen LogP contribution in [0.3, 0.4) is 0 Å². The normalized spacial score (nSPS) is 12.3. The van der Waals surface area contributed by atoms with Crippen molar-refractivity contribution >= 4 is 15.9 Å². The van der Waals surface area contributed by atoms with Gasteiger partial charge in [0, 0.05) is 18.3 Å². The molecule has 0 heterocycles. The summed E-state index contributed by atoms with van der Waals surface area (Å²) in [6.45, 7) is 4.23. The molecule has 7 heteroatoms. The van der Waals surface area contributed by atoms with E-state index in [0.29, 0.717) is 0 Å². The Morgan fingerprint density at radius 2 is 1.88 bits per heavy atom. The van der Waals surface area contributed by atoms with Crippen LogP contribution < -0.4 is 0 Å². The Morgan fingerprint density at radius 3 is 2.24 bits per heavy atom. The first kappa shape index (κ1) is 16.1. The van der Waals surface area contributed by atoms with Crippen LogP contribution >= 0.6 is 0 Å². The number of ether oxygens (including phenoxy) is 1. The number of hydrogen-bond acceptors (Lipinski definition) is 4. The number of alkyl halides is 1. The molecule has 0 unspecified atom stereocenters. The highest BCUT2D eigenvalue weighted by Crippen LogP contribution is 2.14. The summed E-state index contributed by atoms with van der Waals surface area (Å²) in [7, 11) is -3.16. The Hall–Kier alpha value is -0.850. The van der Waals surface area contributed by atoms with Crippen molar-refractivity contribution in [1.29, 1.82) is 0 Å². The molecule has 0 fully saturated rings. The summed E-state index contributed by atoms with van der Waals surface area (Å²) in [6.07, 6.45) is 0.402. The first-order valence-electron chi connectivity index (χ1n) is 5.26. The number of rotatable bonds is 5. The van der Waals surface area contributed by atoms with Gasteiger partial charge in [0.1, 0.15) is 23.1 Å². The Kier molecular flexibility index (Phi) is 5.87. The van der Waals surface area contributed by atoms with Gasteiger partial charge in [-0.15, -0.1) is 0 Å². The summed E-state index contributed by atoms with van der Waals surface area (Å²) in [5.74, 6) is -0.144. The SMILES string of the molecule is CC(C)(C)N(CCS(C)(=O)=O)C(=O)OCCF. The molecule has 0 aromatic carbocycles. The van der Waals surface area contributed by atoms with Gasteiger partial charge in [-0.2, -0.15) is 0 Å². The molecule has 5 nitrogen and oxygen atoms in total. The van der Waals surface area contributed by atoms with E-state index >= 15 is 0 Å². The summed E-state index contributed by atoms with van der Waals surface area (Å²) in [5.41, 5.74) is -0.571. The Bertz CT molecular complexity index is 348. The van der Waals surface area contributed by atoms with Crippen LogP contribution in [-0.4, -0.2) is 56.8 Å². The number of amides is 1. The average molecular weight is 269 g/mol. The van der Waals surface area contributed by atoms with Gasteiger partial charge in [-0.25, -0.2) is 17.6 Å². The Morgan fingerprint density at radius 1 is 1.35 bits per heavy atom. The third-order valence-corrected chi connectivity index (χ3v) is 2.94. The molecule has 0 saturated carbocycles. The summed E-state index contributed by atoms with van der Waals surface area (Å²) < 4.78 is 38.7. The fraction of sp³-hybridized carbons (Fsp3) is 0.900. The lowest BCUT2D eigenvalue weighted by atomic mass is 10.1. The summed E-state index contributed by atoms with van der Waals surface area (Å²) in [5, 5.41) is 0. The van der Waals surface area contributed by atoms with Crippen molar-refractivity contribution in [2.45, 2.75) is 26.3 Å². The Labute approximate surface area is 102 Å². The standard InChI is InChI=1S/C10H20FNO4S/c1-10(2,3)12(6-8-17(4,14)15)9(13)16-7-5-11/h5-8H2,1-4H3. The zero-order chi connectivity index (χ0) is 13.7. The van der Waals surface area contributed by atoms with Crippen molar-refractivity contribution in [1.82, 2.24) is 4.90 Å². The number of nitrogens with zero attached hydrogens (tertiary/aromatic N) is 1. The largest absolute Gasteiger partial charge is 0.447 e. The predicted octanol–water partition coefficient (Wildman–Crippen LogP) is 1.24. The smallest absolute Gasteiger partial charge is 0.410 e. The lowest BCUT2D eigenvalue weighted by Crippen LogP contribution is -2.48. The molecule has 0 saturated heterocycles. The highest BCUT2D eigenvalue weighted by atomic mass is 32.2. The maximum Gasteiger partial charge on any atom is 0.410 e. The van der Waals surface area contributed by atoms with Crippen LogP contribution in [0.25, 0.3) is 0 Å². The molecule has 0 aromatic rings. The van der Waals surface area contributed by atoms with E-state index in [0.717, 1.165) is 6.26 Å². The number of hydrogen-bond donors (Lipinski definition) is 0. The maximum absolute atomic E-state index is 11.9. The second-order valence-electron chi connectivity index (χ2n) is 4.76. The van der Waals surface area contributed by atoms with Crippen molar-refractivity contribution in [2.24, 2.45) is 0 Å². The van der Waals surface area contributed by atoms with Gasteiger partial charge in [0.15, 0.2) is 0 Å². The predicted molar refractivity (Wildman–Crippen MR) is 63.5 cm³/mol. The number of halogens is 1. The lowest BCUT2D eigenvalue weighted by molar-refractivity contribution is 0.0669. The third kappa shape index (κ3) is 7.14. The third-order valence-electron chi connectivity index (χ3n) is 2.02. The van der Waals surface area contributed by atoms with Crippen LogP contribution in [0.4, 0.5) is 9.18 Å². The fourth-order valence-corrected chi connectivity index (χ4v) is 1.68. The van der Waals surface area contributed by atoms with E-state index in [1.807, 2.05) is 0 Å². The van der Waals surface area contributed by atoms with Gasteiger partial charge in [0.2, 0.25) is 0 Å². The highest BCUT2D eigenvalue weighted by molar-refractivity contribution is 7.90. The van der Waals surface area contributed by atoms with E-state index in [4.69, 9.17) is 0 Å². The monoisotopic (exact) mass is 269 g/mol. The van der Waals surface area contributed by atoms with Crippen LogP contribution in [0.1, 0.15) is 20.8 Å². The first-order valence-corrected chi connectivity index (χ1v) is 7.32. The molecular weight excluding hydrogens is 249 g/mol. The first-order chi connectivity index (χ1) is 7.58. The molecule has 0 aliphatic carbocycles. The lowest BCUT2D eigenvalue weighted by Gasteiger charge is -2.34. The minimum Gasteiger partial charge on any atom is -0.447 e. The number of carbonyl (C=O) groups is 1. The Balaban J connectivity index is 4.61. The minimum absolute atomic E-state index is 0.0352. The van der Waals surface area contributed by atoms with Gasteiger partial charge in [-0.1, -0.05) is 0 Å². The fourth-order valence-electron chi connectivity index (χ4n) is 1.16. The second kappa shape index (κ2) is 6.18. The highest BCUT2D eigenvalue weighted by Gasteiger charge is 2.28. The minimum atomic E-state index is -3.16. The van der Waals surface area contributed by atoms with Crippen molar-refractivity contribution in [2.75, 3.05) is 31.8 Å². The van der Waals surface area contributed by atoms with E-state index < -0.39 is 28.1 Å². The molecular formula is C10H20FNO4S. The molecule has 0 aliphatic heterocycles. The van der Waals surface area contributed by atoms with Gasteiger partial charge in [0.05, 0.1) is 5.75 Å². The topological polar surface area (TPSA) is 63.7 Å². The zero-order valence-corrected chi connectivity index (χ0v) is 11.5. The van der Waals surface area contributed by atoms with Gasteiger partial charge in [-0.05, 0) is 20.8 Å². The molecule has 0 spiro atoms. The summed E-state index contributed by atoms with van der Waals surface area (Å²) in [4.78, 5) is 12.9. The van der Waals surface area contributed by atoms with Crippen molar-refractivity contribution < 1.29 is 22.3 Å². The van der Waals surface area contributed by atoms with Gasteiger partial charge in [-0.3, -0.25) is 0 Å². The molecule has 0 aromatic heterocycles. The quantitative estimate of drug-likeness (QED) is 0.753. The maximum atomic E-state index is 11.9. The van der Waals surface area contributed by atoms with Crippen LogP contribution in [0, 0.1) is 0 Å². The van der Waals surface area contributed by atoms with Crippen LogP contribution in [0.15, 0.2) is 0 Å². The van der Waals surface area contributed by atoms with Crippen molar-refractivity contribution in [3.8, 4) is 0 Å². The van der Waals surface area contributed by atoms with Crippen LogP contribution in [0.5, 0.6) is 0 Å². The van der Waals surface area contributed by atoms with E-state index in [9.17, 15) is 17.6 Å². The molecule has 0 radical (unpaired) electrons. The molecule has 0 aliphatic rings. The molecule has 102 valence electrons. The summed E-state index contributed by atoms with van der Waals surface area (Å²) >= 11 is 0. The average Bonchev–Trinajstić information content (AvgIpc) is 2.10. The molecule has 0 atom stereocenters.